The summed E-state index contributed by atoms with van der Waals surface area (Å²) >= 11 is 0. The lowest BCUT2D eigenvalue weighted by atomic mass is 9.78. The van der Waals surface area contributed by atoms with Gasteiger partial charge in [-0.25, -0.2) is 0 Å². The molecule has 2 rings (SSSR count). The SMILES string of the molecule is CNC(C1CCCCC1)C1COC1. The van der Waals surface area contributed by atoms with Gasteiger partial charge in [0.25, 0.3) is 0 Å². The molecule has 0 amide bonds. The molecule has 1 N–H and O–H groups in total. The van der Waals surface area contributed by atoms with Crippen LogP contribution in [0.25, 0.3) is 0 Å². The molecule has 1 saturated heterocycles. The highest BCUT2D eigenvalue weighted by molar-refractivity contribution is 4.86. The minimum Gasteiger partial charge on any atom is -0.381 e. The molecule has 0 spiro atoms. The lowest BCUT2D eigenvalue weighted by Crippen LogP contribution is -2.49. The predicted octanol–water partition coefficient (Wildman–Crippen LogP) is 1.80. The molecule has 1 aliphatic heterocycles. The Balaban J connectivity index is 1.86. The van der Waals surface area contributed by atoms with E-state index in [1.807, 2.05) is 0 Å². The molecule has 1 saturated carbocycles. The molecular formula is C11H21NO. The van der Waals surface area contributed by atoms with Gasteiger partial charge in [0.05, 0.1) is 13.2 Å². The molecule has 0 aromatic rings. The number of rotatable bonds is 3. The van der Waals surface area contributed by atoms with Crippen LogP contribution in [0.5, 0.6) is 0 Å². The maximum Gasteiger partial charge on any atom is 0.0531 e. The number of nitrogens with one attached hydrogen (secondary N) is 1. The van der Waals surface area contributed by atoms with E-state index in [0.717, 1.165) is 31.1 Å². The van der Waals surface area contributed by atoms with Crippen molar-refractivity contribution in [1.29, 1.82) is 0 Å². The first-order valence-corrected chi connectivity index (χ1v) is 5.67. The maximum absolute atomic E-state index is 5.27. The Morgan fingerprint density at radius 3 is 2.23 bits per heavy atom. The van der Waals surface area contributed by atoms with Crippen molar-refractivity contribution < 1.29 is 4.74 Å². The third kappa shape index (κ3) is 2.05. The summed E-state index contributed by atoms with van der Waals surface area (Å²) in [6.07, 6.45) is 7.20. The fourth-order valence-electron chi connectivity index (χ4n) is 2.81. The molecule has 76 valence electrons. The molecule has 0 bridgehead atoms. The van der Waals surface area contributed by atoms with Crippen LogP contribution in [0.15, 0.2) is 0 Å². The van der Waals surface area contributed by atoms with Crippen molar-refractivity contribution in [2.45, 2.75) is 38.1 Å². The first-order valence-electron chi connectivity index (χ1n) is 5.67. The first kappa shape index (κ1) is 9.47. The van der Waals surface area contributed by atoms with Gasteiger partial charge in [-0.2, -0.15) is 0 Å². The summed E-state index contributed by atoms with van der Waals surface area (Å²) in [6, 6.07) is 0.731. The van der Waals surface area contributed by atoms with E-state index in [-0.39, 0.29) is 0 Å². The monoisotopic (exact) mass is 183 g/mol. The zero-order chi connectivity index (χ0) is 9.10. The third-order valence-electron chi connectivity index (χ3n) is 3.66. The van der Waals surface area contributed by atoms with Crippen LogP contribution in [0.1, 0.15) is 32.1 Å². The summed E-state index contributed by atoms with van der Waals surface area (Å²) in [4.78, 5) is 0. The van der Waals surface area contributed by atoms with Crippen LogP contribution in [-0.2, 0) is 4.74 Å². The molecule has 2 heteroatoms. The van der Waals surface area contributed by atoms with Crippen LogP contribution < -0.4 is 5.32 Å². The quantitative estimate of drug-likeness (QED) is 0.720. The van der Waals surface area contributed by atoms with Crippen molar-refractivity contribution in [3.05, 3.63) is 0 Å². The molecule has 13 heavy (non-hydrogen) atoms. The Kier molecular flexibility index (Phi) is 3.23. The van der Waals surface area contributed by atoms with Crippen LogP contribution in [0.4, 0.5) is 0 Å². The minimum absolute atomic E-state index is 0.731. The Bertz CT molecular complexity index is 150. The standard InChI is InChI=1S/C11H21NO/c1-12-11(10-7-13-8-10)9-5-3-2-4-6-9/h9-12H,2-8H2,1H3. The second-order valence-electron chi connectivity index (χ2n) is 4.51. The molecule has 2 fully saturated rings. The van der Waals surface area contributed by atoms with E-state index in [2.05, 4.69) is 12.4 Å². The van der Waals surface area contributed by atoms with E-state index in [1.165, 1.54) is 32.1 Å². The summed E-state index contributed by atoms with van der Waals surface area (Å²) < 4.78 is 5.27. The highest BCUT2D eigenvalue weighted by atomic mass is 16.5. The van der Waals surface area contributed by atoms with Crippen LogP contribution in [0.2, 0.25) is 0 Å². The van der Waals surface area contributed by atoms with E-state index in [4.69, 9.17) is 4.74 Å². The second-order valence-corrected chi connectivity index (χ2v) is 4.51. The van der Waals surface area contributed by atoms with Crippen molar-refractivity contribution in [1.82, 2.24) is 5.32 Å². The Labute approximate surface area is 81.0 Å². The fourth-order valence-corrected chi connectivity index (χ4v) is 2.81. The summed E-state index contributed by atoms with van der Waals surface area (Å²) in [7, 11) is 2.11. The van der Waals surface area contributed by atoms with Crippen molar-refractivity contribution in [2.75, 3.05) is 20.3 Å². The average molecular weight is 183 g/mol. The highest BCUT2D eigenvalue weighted by Crippen LogP contribution is 2.31. The second kappa shape index (κ2) is 4.43. The van der Waals surface area contributed by atoms with E-state index in [9.17, 15) is 0 Å². The third-order valence-corrected chi connectivity index (χ3v) is 3.66. The zero-order valence-corrected chi connectivity index (χ0v) is 8.59. The van der Waals surface area contributed by atoms with Crippen molar-refractivity contribution in [3.63, 3.8) is 0 Å². The first-order chi connectivity index (χ1) is 6.42. The molecule has 0 radical (unpaired) electrons. The van der Waals surface area contributed by atoms with Crippen LogP contribution in [0, 0.1) is 11.8 Å². The Morgan fingerprint density at radius 1 is 1.08 bits per heavy atom. The van der Waals surface area contributed by atoms with Gasteiger partial charge in [-0.15, -0.1) is 0 Å². The van der Waals surface area contributed by atoms with Gasteiger partial charge >= 0.3 is 0 Å². The Hall–Kier alpha value is -0.0800. The van der Waals surface area contributed by atoms with Crippen LogP contribution in [-0.4, -0.2) is 26.3 Å². The summed E-state index contributed by atoms with van der Waals surface area (Å²) in [5.74, 6) is 1.72. The highest BCUT2D eigenvalue weighted by Gasteiger charge is 2.33. The predicted molar refractivity (Wildman–Crippen MR) is 53.7 cm³/mol. The summed E-state index contributed by atoms with van der Waals surface area (Å²) in [5.41, 5.74) is 0. The zero-order valence-electron chi connectivity index (χ0n) is 8.59. The Morgan fingerprint density at radius 2 is 1.77 bits per heavy atom. The number of hydrogen-bond donors (Lipinski definition) is 1. The van der Waals surface area contributed by atoms with Crippen LogP contribution >= 0.6 is 0 Å². The largest absolute Gasteiger partial charge is 0.381 e. The van der Waals surface area contributed by atoms with Gasteiger partial charge in [-0.3, -0.25) is 0 Å². The summed E-state index contributed by atoms with van der Waals surface area (Å²) in [5, 5.41) is 3.49. The van der Waals surface area contributed by atoms with E-state index in [0.29, 0.717) is 0 Å². The normalized spacial score (nSPS) is 28.4. The van der Waals surface area contributed by atoms with Crippen LogP contribution in [0.3, 0.4) is 0 Å². The van der Waals surface area contributed by atoms with E-state index in [1.54, 1.807) is 0 Å². The molecule has 1 aliphatic carbocycles. The number of hydrogen-bond acceptors (Lipinski definition) is 2. The molecule has 1 heterocycles. The topological polar surface area (TPSA) is 21.3 Å². The van der Waals surface area contributed by atoms with E-state index >= 15 is 0 Å². The smallest absolute Gasteiger partial charge is 0.0531 e. The fraction of sp³-hybridized carbons (Fsp3) is 1.00. The molecule has 0 aromatic heterocycles. The van der Waals surface area contributed by atoms with Gasteiger partial charge in [-0.1, -0.05) is 19.3 Å². The lowest BCUT2D eigenvalue weighted by Gasteiger charge is -2.39. The van der Waals surface area contributed by atoms with Crippen molar-refractivity contribution in [2.24, 2.45) is 11.8 Å². The maximum atomic E-state index is 5.27. The molecule has 2 nitrogen and oxygen atoms in total. The molecule has 0 aromatic carbocycles. The van der Waals surface area contributed by atoms with Crippen molar-refractivity contribution >= 4 is 0 Å². The van der Waals surface area contributed by atoms with E-state index < -0.39 is 0 Å². The lowest BCUT2D eigenvalue weighted by molar-refractivity contribution is -0.0609. The van der Waals surface area contributed by atoms with Gasteiger partial charge in [0.2, 0.25) is 0 Å². The van der Waals surface area contributed by atoms with Gasteiger partial charge < -0.3 is 10.1 Å². The van der Waals surface area contributed by atoms with Gasteiger partial charge in [0.15, 0.2) is 0 Å². The van der Waals surface area contributed by atoms with Gasteiger partial charge in [0.1, 0.15) is 0 Å². The molecule has 1 unspecified atom stereocenters. The molecule has 1 atom stereocenters. The molecule has 2 aliphatic rings. The van der Waals surface area contributed by atoms with Gasteiger partial charge in [-0.05, 0) is 25.8 Å². The number of ether oxygens (including phenoxy) is 1. The van der Waals surface area contributed by atoms with Gasteiger partial charge in [0, 0.05) is 12.0 Å². The van der Waals surface area contributed by atoms with Crippen molar-refractivity contribution in [3.8, 4) is 0 Å². The minimum atomic E-state index is 0.731. The average Bonchev–Trinajstić information content (AvgIpc) is 2.12. The molecular weight excluding hydrogens is 162 g/mol. The summed E-state index contributed by atoms with van der Waals surface area (Å²) in [6.45, 7) is 1.98.